The van der Waals surface area contributed by atoms with Crippen LogP contribution < -0.4 is 4.90 Å². The molecular weight excluding hydrogens is 691 g/mol. The molecule has 1 atom stereocenters. The van der Waals surface area contributed by atoms with Crippen molar-refractivity contribution in [3.63, 3.8) is 0 Å². The lowest BCUT2D eigenvalue weighted by Gasteiger charge is -2.36. The Kier molecular flexibility index (Phi) is 6.88. The minimum atomic E-state index is -0.580. The zero-order valence-corrected chi connectivity index (χ0v) is 31.1. The Morgan fingerprint density at radius 2 is 0.895 bits per heavy atom. The summed E-state index contributed by atoms with van der Waals surface area (Å²) in [4.78, 5) is 2.45. The third-order valence-corrected chi connectivity index (χ3v) is 12.3. The van der Waals surface area contributed by atoms with Crippen molar-refractivity contribution >= 4 is 39.0 Å². The molecule has 1 aromatic heterocycles. The van der Waals surface area contributed by atoms with Crippen molar-refractivity contribution in [3.8, 4) is 44.5 Å². The molecule has 10 aromatic rings. The fourth-order valence-corrected chi connectivity index (χ4v) is 10.0. The van der Waals surface area contributed by atoms with Crippen LogP contribution in [0.25, 0.3) is 66.4 Å². The summed E-state index contributed by atoms with van der Waals surface area (Å²) in [6.45, 7) is 0. The van der Waals surface area contributed by atoms with Crippen LogP contribution >= 0.6 is 0 Å². The van der Waals surface area contributed by atoms with Crippen molar-refractivity contribution in [2.45, 2.75) is 5.41 Å². The molecule has 0 saturated heterocycles. The van der Waals surface area contributed by atoms with Crippen molar-refractivity contribution in [1.29, 1.82) is 0 Å². The summed E-state index contributed by atoms with van der Waals surface area (Å²) in [7, 11) is 0. The maximum atomic E-state index is 6.83. The zero-order valence-electron chi connectivity index (χ0n) is 31.1. The lowest BCUT2D eigenvalue weighted by molar-refractivity contribution is 0.669. The van der Waals surface area contributed by atoms with E-state index >= 15 is 0 Å². The number of anilines is 3. The Hall–Kier alpha value is -7.42. The van der Waals surface area contributed by atoms with Crippen molar-refractivity contribution in [3.05, 3.63) is 235 Å². The van der Waals surface area contributed by atoms with E-state index in [2.05, 4.69) is 211 Å². The molecule has 2 nitrogen and oxygen atoms in total. The Labute approximate surface area is 331 Å². The minimum absolute atomic E-state index is 0.580. The molecule has 9 aromatic carbocycles. The lowest BCUT2D eigenvalue weighted by atomic mass is 9.69. The maximum absolute atomic E-state index is 6.83. The predicted octanol–water partition coefficient (Wildman–Crippen LogP) is 14.7. The van der Waals surface area contributed by atoms with Gasteiger partial charge in [0.25, 0.3) is 0 Å². The van der Waals surface area contributed by atoms with Crippen LogP contribution in [0.2, 0.25) is 0 Å². The number of nitrogens with zero attached hydrogens (tertiary/aromatic N) is 1. The van der Waals surface area contributed by atoms with Gasteiger partial charge in [-0.15, -0.1) is 0 Å². The first-order valence-electron chi connectivity index (χ1n) is 19.7. The average Bonchev–Trinajstić information content (AvgIpc) is 3.92. The van der Waals surface area contributed by atoms with Crippen molar-refractivity contribution in [1.82, 2.24) is 0 Å². The Morgan fingerprint density at radius 1 is 0.351 bits per heavy atom. The first kappa shape index (κ1) is 31.9. The zero-order chi connectivity index (χ0) is 37.5. The van der Waals surface area contributed by atoms with E-state index in [-0.39, 0.29) is 0 Å². The predicted molar refractivity (Wildman–Crippen MR) is 236 cm³/mol. The van der Waals surface area contributed by atoms with E-state index in [9.17, 15) is 0 Å². The van der Waals surface area contributed by atoms with Gasteiger partial charge >= 0.3 is 0 Å². The molecule has 1 heterocycles. The Bertz CT molecular complexity index is 3180. The van der Waals surface area contributed by atoms with Crippen LogP contribution in [0.5, 0.6) is 0 Å². The van der Waals surface area contributed by atoms with Gasteiger partial charge in [-0.05, 0) is 91.5 Å². The molecule has 0 amide bonds. The van der Waals surface area contributed by atoms with E-state index < -0.39 is 5.41 Å². The van der Waals surface area contributed by atoms with Crippen LogP contribution in [0.3, 0.4) is 0 Å². The van der Waals surface area contributed by atoms with Gasteiger partial charge in [-0.2, -0.15) is 0 Å². The molecule has 0 bridgehead atoms. The summed E-state index contributed by atoms with van der Waals surface area (Å²) in [6.07, 6.45) is 0. The average molecular weight is 726 g/mol. The van der Waals surface area contributed by atoms with Gasteiger partial charge in [-0.3, -0.25) is 0 Å². The molecular formula is C55H35NO. The van der Waals surface area contributed by atoms with Crippen LogP contribution in [0.15, 0.2) is 217 Å². The topological polar surface area (TPSA) is 16.4 Å². The van der Waals surface area contributed by atoms with Gasteiger partial charge in [0, 0.05) is 22.0 Å². The number of benzene rings is 9. The molecule has 2 aliphatic carbocycles. The van der Waals surface area contributed by atoms with E-state index in [0.29, 0.717) is 0 Å². The van der Waals surface area contributed by atoms with Crippen LogP contribution in [0.4, 0.5) is 17.1 Å². The largest absolute Gasteiger partial charge is 0.454 e. The number of hydrogen-bond donors (Lipinski definition) is 0. The van der Waals surface area contributed by atoms with Gasteiger partial charge in [-0.25, -0.2) is 0 Å². The third-order valence-electron chi connectivity index (χ3n) is 12.3. The van der Waals surface area contributed by atoms with E-state index in [1.807, 2.05) is 6.07 Å². The van der Waals surface area contributed by atoms with E-state index in [1.165, 1.54) is 66.8 Å². The van der Waals surface area contributed by atoms with Crippen LogP contribution in [-0.2, 0) is 5.41 Å². The molecule has 0 fully saturated rings. The van der Waals surface area contributed by atoms with Gasteiger partial charge in [-0.1, -0.05) is 182 Å². The molecule has 0 N–H and O–H groups in total. The van der Waals surface area contributed by atoms with Crippen molar-refractivity contribution < 1.29 is 4.42 Å². The summed E-state index contributed by atoms with van der Waals surface area (Å²) in [5.74, 6) is 0. The fraction of sp³-hybridized carbons (Fsp3) is 0.0182. The highest BCUT2D eigenvalue weighted by molar-refractivity contribution is 6.11. The van der Waals surface area contributed by atoms with E-state index in [1.54, 1.807) is 0 Å². The molecule has 266 valence electrons. The number of furan rings is 1. The SMILES string of the molecule is c1ccc(-c2ccc(N(c3cccc4c3C3(c5ccccc5-4)c4ccccc4-c4c(-c5ccccc5)cccc43)c3cccc4c3oc3ccccc34)cc2)cc1. The summed E-state index contributed by atoms with van der Waals surface area (Å²) in [6, 6.07) is 77.4. The summed E-state index contributed by atoms with van der Waals surface area (Å²) >= 11 is 0. The van der Waals surface area contributed by atoms with Crippen LogP contribution in [0, 0.1) is 0 Å². The first-order chi connectivity index (χ1) is 28.3. The number of hydrogen-bond acceptors (Lipinski definition) is 2. The Balaban J connectivity index is 1.19. The second-order valence-electron chi connectivity index (χ2n) is 15.1. The third kappa shape index (κ3) is 4.47. The quantitative estimate of drug-likeness (QED) is 0.176. The van der Waals surface area contributed by atoms with Crippen molar-refractivity contribution in [2.24, 2.45) is 0 Å². The van der Waals surface area contributed by atoms with E-state index in [4.69, 9.17) is 4.42 Å². The second-order valence-corrected chi connectivity index (χ2v) is 15.1. The van der Waals surface area contributed by atoms with E-state index in [0.717, 1.165) is 39.0 Å². The smallest absolute Gasteiger partial charge is 0.159 e. The minimum Gasteiger partial charge on any atom is -0.454 e. The highest BCUT2D eigenvalue weighted by Crippen LogP contribution is 2.66. The normalized spacial score (nSPS) is 14.7. The van der Waals surface area contributed by atoms with Crippen molar-refractivity contribution in [2.75, 3.05) is 4.90 Å². The maximum Gasteiger partial charge on any atom is 0.159 e. The van der Waals surface area contributed by atoms with Gasteiger partial charge in [0.1, 0.15) is 5.58 Å². The van der Waals surface area contributed by atoms with Gasteiger partial charge in [0.05, 0.1) is 16.8 Å². The number of rotatable bonds is 5. The molecule has 1 spiro atoms. The standard InChI is InChI=1S/C55H35NO/c1-3-16-36(17-4-1)37-32-34-39(35-33-37)56(50-30-15-25-44-42-21-9-12-31-51(42)57-54(44)50)49-29-14-24-43-41-20-7-10-26-46(41)55(53(43)49)47-27-11-8-22-45(47)52-40(23-13-28-48(52)55)38-18-5-2-6-19-38/h1-35H. The number of para-hydroxylation sites is 2. The fourth-order valence-electron chi connectivity index (χ4n) is 10.0. The summed E-state index contributed by atoms with van der Waals surface area (Å²) in [5.41, 5.74) is 19.5. The van der Waals surface area contributed by atoms with Gasteiger partial charge in [0.15, 0.2) is 5.58 Å². The first-order valence-corrected chi connectivity index (χ1v) is 19.7. The molecule has 12 rings (SSSR count). The van der Waals surface area contributed by atoms with Gasteiger partial charge in [0.2, 0.25) is 0 Å². The summed E-state index contributed by atoms with van der Waals surface area (Å²) < 4.78 is 6.83. The highest BCUT2D eigenvalue weighted by atomic mass is 16.3. The second kappa shape index (κ2) is 12.3. The van der Waals surface area contributed by atoms with Crippen LogP contribution in [0.1, 0.15) is 22.3 Å². The lowest BCUT2D eigenvalue weighted by Crippen LogP contribution is -2.28. The molecule has 2 aliphatic rings. The molecule has 0 aliphatic heterocycles. The van der Waals surface area contributed by atoms with Crippen LogP contribution in [-0.4, -0.2) is 0 Å². The molecule has 1 unspecified atom stereocenters. The molecule has 0 saturated carbocycles. The molecule has 57 heavy (non-hydrogen) atoms. The molecule has 2 heteroatoms. The number of fused-ring (bicyclic) bond motifs is 13. The molecule has 0 radical (unpaired) electrons. The monoisotopic (exact) mass is 725 g/mol. The Morgan fingerprint density at radius 3 is 1.70 bits per heavy atom. The summed E-state index contributed by atoms with van der Waals surface area (Å²) in [5, 5.41) is 2.21. The van der Waals surface area contributed by atoms with Gasteiger partial charge < -0.3 is 9.32 Å². The highest BCUT2D eigenvalue weighted by Gasteiger charge is 2.54.